The highest BCUT2D eigenvalue weighted by atomic mass is 35.5. The third kappa shape index (κ3) is 5.13. The molecule has 0 radical (unpaired) electrons. The molecule has 4 rings (SSSR count). The number of anilines is 1. The van der Waals surface area contributed by atoms with Crippen LogP contribution in [0.15, 0.2) is 46.6 Å². The summed E-state index contributed by atoms with van der Waals surface area (Å²) < 4.78 is 0. The second-order valence-electron chi connectivity index (χ2n) is 8.63. The van der Waals surface area contributed by atoms with Crippen molar-refractivity contribution >= 4 is 52.1 Å². The predicted molar refractivity (Wildman–Crippen MR) is 130 cm³/mol. The first-order valence-electron chi connectivity index (χ1n) is 11.1. The van der Waals surface area contributed by atoms with Crippen molar-refractivity contribution in [3.8, 4) is 0 Å². The molecule has 1 aromatic carbocycles. The number of hydrazone groups is 1. The van der Waals surface area contributed by atoms with Crippen molar-refractivity contribution in [1.82, 2.24) is 4.90 Å². The van der Waals surface area contributed by atoms with Crippen LogP contribution in [-0.4, -0.2) is 35.7 Å². The smallest absolute Gasteiger partial charge is 0.270 e. The third-order valence-corrected chi connectivity index (χ3v) is 7.35. The molecule has 0 spiro atoms. The van der Waals surface area contributed by atoms with Gasteiger partial charge >= 0.3 is 0 Å². The molecule has 1 fully saturated rings. The summed E-state index contributed by atoms with van der Waals surface area (Å²) in [6, 6.07) is 5.41. The Labute approximate surface area is 199 Å². The molecule has 0 aromatic heterocycles. The fourth-order valence-corrected chi connectivity index (χ4v) is 5.46. The van der Waals surface area contributed by atoms with Crippen molar-refractivity contribution in [3.05, 3.63) is 51.5 Å². The Morgan fingerprint density at radius 3 is 2.61 bits per heavy atom. The number of amides is 1. The van der Waals surface area contributed by atoms with Gasteiger partial charge in [-0.25, -0.2) is 0 Å². The molecule has 0 bridgehead atoms. The lowest BCUT2D eigenvalue weighted by Gasteiger charge is -2.32. The van der Waals surface area contributed by atoms with E-state index in [9.17, 15) is 4.79 Å². The summed E-state index contributed by atoms with van der Waals surface area (Å²) in [4.78, 5) is 15.3. The highest BCUT2D eigenvalue weighted by Gasteiger charge is 2.38. The summed E-state index contributed by atoms with van der Waals surface area (Å²) in [5, 5.41) is 8.57. The fourth-order valence-electron chi connectivity index (χ4n) is 4.80. The number of halogens is 3. The fraction of sp³-hybridized carbons (Fsp3) is 0.500. The van der Waals surface area contributed by atoms with Crippen LogP contribution in [0, 0.1) is 11.8 Å². The molecule has 2 unspecified atom stereocenters. The van der Waals surface area contributed by atoms with Crippen molar-refractivity contribution in [2.45, 2.75) is 51.5 Å². The van der Waals surface area contributed by atoms with Gasteiger partial charge in [0.25, 0.3) is 5.91 Å². The zero-order valence-electron chi connectivity index (χ0n) is 17.7. The van der Waals surface area contributed by atoms with Gasteiger partial charge in [0.1, 0.15) is 5.71 Å². The summed E-state index contributed by atoms with van der Waals surface area (Å²) >= 11 is 18.8. The van der Waals surface area contributed by atoms with Crippen molar-refractivity contribution in [2.75, 3.05) is 18.1 Å². The highest BCUT2D eigenvalue weighted by Crippen LogP contribution is 2.38. The molecule has 0 saturated carbocycles. The van der Waals surface area contributed by atoms with E-state index in [1.165, 1.54) is 12.8 Å². The number of carbonyl (C=O) groups is 1. The van der Waals surface area contributed by atoms with E-state index in [4.69, 9.17) is 39.9 Å². The van der Waals surface area contributed by atoms with Gasteiger partial charge in [-0.3, -0.25) is 9.80 Å². The number of benzene rings is 1. The van der Waals surface area contributed by atoms with Crippen molar-refractivity contribution < 1.29 is 4.79 Å². The quantitative estimate of drug-likeness (QED) is 0.472. The second kappa shape index (κ2) is 9.97. The summed E-state index contributed by atoms with van der Waals surface area (Å²) in [7, 11) is 0. The predicted octanol–water partition coefficient (Wildman–Crippen LogP) is 6.67. The van der Waals surface area contributed by atoms with Crippen molar-refractivity contribution in [1.29, 1.82) is 0 Å². The van der Waals surface area contributed by atoms with Gasteiger partial charge in [0.05, 0.1) is 16.8 Å². The SMILES string of the molecule is CCCC1CCN(C(=O)C2=NN(c3ccc(Cl)cc3Cl)C(C3C=CC(Cl)=CC3)C2)CC1. The van der Waals surface area contributed by atoms with Crippen LogP contribution in [0.1, 0.15) is 45.4 Å². The van der Waals surface area contributed by atoms with Gasteiger partial charge in [0.2, 0.25) is 0 Å². The van der Waals surface area contributed by atoms with E-state index in [-0.39, 0.29) is 17.9 Å². The van der Waals surface area contributed by atoms with Gasteiger partial charge in [-0.05, 0) is 49.5 Å². The molecule has 31 heavy (non-hydrogen) atoms. The lowest BCUT2D eigenvalue weighted by atomic mass is 9.88. The Morgan fingerprint density at radius 2 is 1.97 bits per heavy atom. The maximum Gasteiger partial charge on any atom is 0.270 e. The molecule has 1 aromatic rings. The van der Waals surface area contributed by atoms with E-state index >= 15 is 0 Å². The Morgan fingerprint density at radius 1 is 1.19 bits per heavy atom. The number of likely N-dealkylation sites (tertiary alicyclic amines) is 1. The van der Waals surface area contributed by atoms with Crippen molar-refractivity contribution in [3.63, 3.8) is 0 Å². The average Bonchev–Trinajstić information content (AvgIpc) is 3.19. The first kappa shape index (κ1) is 22.7. The normalized spacial score (nSPS) is 24.4. The van der Waals surface area contributed by atoms with Gasteiger partial charge < -0.3 is 4.90 Å². The first-order chi connectivity index (χ1) is 15.0. The standard InChI is InChI=1S/C24H28Cl3N3O/c1-2-3-16-10-12-29(13-11-16)24(31)21-15-23(17-4-6-18(25)7-5-17)30(28-21)22-9-8-19(26)14-20(22)27/h4,6-9,14,16-17,23H,2-3,5,10-13,15H2,1H3. The molecule has 2 atom stereocenters. The minimum atomic E-state index is 0.00697. The number of piperidine rings is 1. The number of hydrogen-bond donors (Lipinski definition) is 0. The second-order valence-corrected chi connectivity index (χ2v) is 9.91. The number of hydrogen-bond acceptors (Lipinski definition) is 3. The Hall–Kier alpha value is -1.49. The number of allylic oxidation sites excluding steroid dienone is 3. The van der Waals surface area contributed by atoms with Crippen LogP contribution in [0.25, 0.3) is 0 Å². The summed E-state index contributed by atoms with van der Waals surface area (Å²) in [5.74, 6) is 0.986. The summed E-state index contributed by atoms with van der Waals surface area (Å²) in [5.41, 5.74) is 1.38. The molecule has 1 amide bonds. The van der Waals surface area contributed by atoms with Crippen molar-refractivity contribution in [2.24, 2.45) is 16.9 Å². The number of carbonyl (C=O) groups excluding carboxylic acids is 1. The lowest BCUT2D eigenvalue weighted by Crippen LogP contribution is -2.42. The molecule has 0 N–H and O–H groups in total. The average molecular weight is 481 g/mol. The summed E-state index contributed by atoms with van der Waals surface area (Å²) in [6.45, 7) is 3.86. The van der Waals surface area contributed by atoms with Crippen LogP contribution in [0.5, 0.6) is 0 Å². The maximum absolute atomic E-state index is 13.3. The molecular formula is C24H28Cl3N3O. The van der Waals surface area contributed by atoms with E-state index < -0.39 is 0 Å². The van der Waals surface area contributed by atoms with Gasteiger partial charge in [0.15, 0.2) is 0 Å². The topological polar surface area (TPSA) is 35.9 Å². The maximum atomic E-state index is 13.3. The molecule has 2 heterocycles. The molecule has 166 valence electrons. The molecule has 7 heteroatoms. The van der Waals surface area contributed by atoms with Crippen LogP contribution in [0.4, 0.5) is 5.69 Å². The third-order valence-electron chi connectivity index (χ3n) is 6.53. The Bertz CT molecular complexity index is 919. The lowest BCUT2D eigenvalue weighted by molar-refractivity contribution is -0.125. The van der Waals surface area contributed by atoms with Gasteiger partial charge in [-0.15, -0.1) is 0 Å². The molecule has 4 nitrogen and oxygen atoms in total. The minimum absolute atomic E-state index is 0.00697. The van der Waals surface area contributed by atoms with E-state index in [1.807, 2.05) is 28.1 Å². The van der Waals surface area contributed by atoms with Crippen LogP contribution in [0.3, 0.4) is 0 Å². The van der Waals surface area contributed by atoms with Crippen LogP contribution >= 0.6 is 34.8 Å². The molecule has 1 saturated heterocycles. The van der Waals surface area contributed by atoms with Gasteiger partial charge in [-0.1, -0.05) is 66.7 Å². The monoisotopic (exact) mass is 479 g/mol. The molecular weight excluding hydrogens is 453 g/mol. The molecule has 3 aliphatic rings. The zero-order chi connectivity index (χ0) is 22.0. The number of rotatable bonds is 5. The zero-order valence-corrected chi connectivity index (χ0v) is 20.0. The van der Waals surface area contributed by atoms with E-state index in [0.29, 0.717) is 22.2 Å². The minimum Gasteiger partial charge on any atom is -0.338 e. The highest BCUT2D eigenvalue weighted by molar-refractivity contribution is 6.40. The number of nitrogens with zero attached hydrogens (tertiary/aromatic N) is 3. The molecule has 2 aliphatic heterocycles. The van der Waals surface area contributed by atoms with E-state index in [2.05, 4.69) is 13.0 Å². The van der Waals surface area contributed by atoms with Crippen LogP contribution in [-0.2, 0) is 4.79 Å². The largest absolute Gasteiger partial charge is 0.338 e. The van der Waals surface area contributed by atoms with Crippen LogP contribution < -0.4 is 5.01 Å². The van der Waals surface area contributed by atoms with E-state index in [1.54, 1.807) is 12.1 Å². The Balaban J connectivity index is 1.56. The Kier molecular flexibility index (Phi) is 7.30. The van der Waals surface area contributed by atoms with Gasteiger partial charge in [0, 0.05) is 35.5 Å². The summed E-state index contributed by atoms with van der Waals surface area (Å²) in [6.07, 6.45) is 12.1. The van der Waals surface area contributed by atoms with E-state index in [0.717, 1.165) is 49.0 Å². The first-order valence-corrected chi connectivity index (χ1v) is 12.2. The molecule has 1 aliphatic carbocycles. The van der Waals surface area contributed by atoms with Crippen LogP contribution in [0.2, 0.25) is 10.0 Å². The van der Waals surface area contributed by atoms with Gasteiger partial charge in [-0.2, -0.15) is 5.10 Å².